The topological polar surface area (TPSA) is 62.4 Å². The lowest BCUT2D eigenvalue weighted by Crippen LogP contribution is -2.33. The van der Waals surface area contributed by atoms with Crippen molar-refractivity contribution >= 4 is 34.6 Å². The van der Waals surface area contributed by atoms with Crippen molar-refractivity contribution in [3.05, 3.63) is 77.9 Å². The number of hydrogen-bond donors (Lipinski definition) is 3. The Morgan fingerprint density at radius 1 is 0.897 bits per heavy atom. The molecule has 1 unspecified atom stereocenters. The van der Waals surface area contributed by atoms with Crippen LogP contribution in [-0.4, -0.2) is 23.7 Å². The molecule has 0 fully saturated rings. The van der Waals surface area contributed by atoms with E-state index in [1.165, 1.54) is 5.56 Å². The van der Waals surface area contributed by atoms with Crippen LogP contribution in [0, 0.1) is 6.07 Å². The van der Waals surface area contributed by atoms with Crippen LogP contribution in [0.25, 0.3) is 11.1 Å². The Bertz CT molecular complexity index is 1290. The Morgan fingerprint density at radius 2 is 1.59 bits per heavy atom. The summed E-state index contributed by atoms with van der Waals surface area (Å²) in [4.78, 5) is 13.2. The highest BCUT2D eigenvalue weighted by atomic mass is 32.1. The molecule has 0 spiro atoms. The molecule has 0 aliphatic heterocycles. The van der Waals surface area contributed by atoms with E-state index in [2.05, 4.69) is 75.7 Å². The number of carbonyl (C=O) groups excluding carboxylic acids is 1. The van der Waals surface area contributed by atoms with Crippen LogP contribution in [0.5, 0.6) is 5.75 Å². The lowest BCUT2D eigenvalue weighted by atomic mass is 9.80. The molecule has 3 N–H and O–H groups in total. The van der Waals surface area contributed by atoms with Gasteiger partial charge in [-0.2, -0.15) is 0 Å². The smallest absolute Gasteiger partial charge is 0.265 e. The molecular weight excluding hydrogens is 502 g/mol. The molecule has 0 aromatic heterocycles. The van der Waals surface area contributed by atoms with E-state index >= 15 is 0 Å². The van der Waals surface area contributed by atoms with Gasteiger partial charge in [0.05, 0.1) is 0 Å². The number of rotatable bonds is 8. The Kier molecular flexibility index (Phi) is 9.78. The molecule has 1 radical (unpaired) electrons. The zero-order valence-electron chi connectivity index (χ0n) is 24.5. The second kappa shape index (κ2) is 12.6. The molecule has 0 saturated heterocycles. The first kappa shape index (κ1) is 30.2. The summed E-state index contributed by atoms with van der Waals surface area (Å²) in [6, 6.07) is 23.1. The SMILES string of the molecule is CCNC(=S)Nc1cc[c]c(-c2ccc(NC(=O)C(CC)Oc3ccc(C(C)(C)C)cc3C(C)(C)C)cc2)c1. The van der Waals surface area contributed by atoms with Crippen LogP contribution in [0.3, 0.4) is 0 Å². The maximum atomic E-state index is 13.2. The number of nitrogens with one attached hydrogen (secondary N) is 3. The van der Waals surface area contributed by atoms with Gasteiger partial charge in [-0.05, 0) is 95.0 Å². The van der Waals surface area contributed by atoms with Gasteiger partial charge in [-0.15, -0.1) is 0 Å². The van der Waals surface area contributed by atoms with Crippen LogP contribution in [0.15, 0.2) is 60.7 Å². The fraction of sp³-hybridized carbons (Fsp3) is 0.394. The van der Waals surface area contributed by atoms with Gasteiger partial charge in [-0.1, -0.05) is 78.8 Å². The summed E-state index contributed by atoms with van der Waals surface area (Å²) in [7, 11) is 0. The molecule has 0 bridgehead atoms. The van der Waals surface area contributed by atoms with E-state index in [0.29, 0.717) is 17.2 Å². The highest BCUT2D eigenvalue weighted by molar-refractivity contribution is 7.80. The fourth-order valence-electron chi connectivity index (χ4n) is 4.16. The third-order valence-corrected chi connectivity index (χ3v) is 6.69. The molecule has 0 aliphatic rings. The largest absolute Gasteiger partial charge is 0.480 e. The van der Waals surface area contributed by atoms with Gasteiger partial charge in [-0.25, -0.2) is 0 Å². The molecular formula is C33H42N3O2S. The summed E-state index contributed by atoms with van der Waals surface area (Å²) < 4.78 is 6.34. The highest BCUT2D eigenvalue weighted by Gasteiger charge is 2.26. The number of anilines is 2. The first-order valence-electron chi connectivity index (χ1n) is 13.6. The molecule has 6 heteroatoms. The summed E-state index contributed by atoms with van der Waals surface area (Å²) in [6.07, 6.45) is -0.0548. The van der Waals surface area contributed by atoms with Gasteiger partial charge in [0.1, 0.15) is 5.75 Å². The minimum Gasteiger partial charge on any atom is -0.480 e. The predicted octanol–water partition coefficient (Wildman–Crippen LogP) is 7.85. The minimum atomic E-state index is -0.608. The quantitative estimate of drug-likeness (QED) is 0.252. The Labute approximate surface area is 239 Å². The highest BCUT2D eigenvalue weighted by Crippen LogP contribution is 2.36. The van der Waals surface area contributed by atoms with Gasteiger partial charge in [0.25, 0.3) is 5.91 Å². The molecule has 3 aromatic carbocycles. The van der Waals surface area contributed by atoms with Gasteiger partial charge in [0.2, 0.25) is 0 Å². The lowest BCUT2D eigenvalue weighted by Gasteiger charge is -2.28. The van der Waals surface area contributed by atoms with E-state index in [1.54, 1.807) is 0 Å². The Hall–Kier alpha value is -3.38. The molecule has 0 saturated carbocycles. The second-order valence-corrected chi connectivity index (χ2v) is 12.2. The van der Waals surface area contributed by atoms with Gasteiger partial charge in [0, 0.05) is 17.9 Å². The van der Waals surface area contributed by atoms with Gasteiger partial charge >= 0.3 is 0 Å². The molecule has 1 atom stereocenters. The van der Waals surface area contributed by atoms with Crippen LogP contribution >= 0.6 is 12.2 Å². The number of amides is 1. The monoisotopic (exact) mass is 544 g/mol. The number of hydrogen-bond acceptors (Lipinski definition) is 3. The number of thiocarbonyl (C=S) groups is 1. The van der Waals surface area contributed by atoms with Gasteiger partial charge < -0.3 is 20.7 Å². The maximum absolute atomic E-state index is 13.2. The van der Waals surface area contributed by atoms with Crippen LogP contribution in [0.2, 0.25) is 0 Å². The van der Waals surface area contributed by atoms with Gasteiger partial charge in [0.15, 0.2) is 11.2 Å². The van der Waals surface area contributed by atoms with E-state index in [-0.39, 0.29) is 16.7 Å². The second-order valence-electron chi connectivity index (χ2n) is 11.8. The number of carbonyl (C=O) groups is 1. The number of benzene rings is 3. The van der Waals surface area contributed by atoms with E-state index in [0.717, 1.165) is 34.7 Å². The van der Waals surface area contributed by atoms with Crippen molar-refractivity contribution in [1.29, 1.82) is 0 Å². The van der Waals surface area contributed by atoms with Crippen molar-refractivity contribution in [3.8, 4) is 16.9 Å². The fourth-order valence-corrected chi connectivity index (χ4v) is 4.43. The normalized spacial score (nSPS) is 12.4. The summed E-state index contributed by atoms with van der Waals surface area (Å²) >= 11 is 5.29. The molecule has 39 heavy (non-hydrogen) atoms. The summed E-state index contributed by atoms with van der Waals surface area (Å²) in [5, 5.41) is 9.88. The van der Waals surface area contributed by atoms with E-state index in [1.807, 2.05) is 62.4 Å². The average molecular weight is 545 g/mol. The zero-order chi connectivity index (χ0) is 28.8. The molecule has 0 aliphatic carbocycles. The maximum Gasteiger partial charge on any atom is 0.265 e. The van der Waals surface area contributed by atoms with Crippen molar-refractivity contribution in [2.45, 2.75) is 78.7 Å². The van der Waals surface area contributed by atoms with E-state index in [9.17, 15) is 4.79 Å². The summed E-state index contributed by atoms with van der Waals surface area (Å²) in [6.45, 7) is 17.8. The van der Waals surface area contributed by atoms with Crippen molar-refractivity contribution in [1.82, 2.24) is 5.32 Å². The van der Waals surface area contributed by atoms with Crippen LogP contribution < -0.4 is 20.7 Å². The van der Waals surface area contributed by atoms with Crippen molar-refractivity contribution in [2.24, 2.45) is 0 Å². The molecule has 3 aromatic rings. The molecule has 3 rings (SSSR count). The minimum absolute atomic E-state index is 0.0286. The van der Waals surface area contributed by atoms with E-state index < -0.39 is 6.10 Å². The zero-order valence-corrected chi connectivity index (χ0v) is 25.3. The summed E-state index contributed by atoms with van der Waals surface area (Å²) in [5.41, 5.74) is 5.78. The van der Waals surface area contributed by atoms with Crippen molar-refractivity contribution < 1.29 is 9.53 Å². The first-order chi connectivity index (χ1) is 18.3. The Balaban J connectivity index is 1.73. The third-order valence-electron chi connectivity index (χ3n) is 6.45. The molecule has 207 valence electrons. The Morgan fingerprint density at radius 3 is 2.18 bits per heavy atom. The van der Waals surface area contributed by atoms with Crippen LogP contribution in [0.4, 0.5) is 11.4 Å². The van der Waals surface area contributed by atoms with Gasteiger partial charge in [-0.3, -0.25) is 4.79 Å². The molecule has 0 heterocycles. The molecule has 5 nitrogen and oxygen atoms in total. The van der Waals surface area contributed by atoms with Crippen molar-refractivity contribution in [3.63, 3.8) is 0 Å². The first-order valence-corrected chi connectivity index (χ1v) is 14.0. The summed E-state index contributed by atoms with van der Waals surface area (Å²) in [5.74, 6) is 0.588. The number of ether oxygens (including phenoxy) is 1. The average Bonchev–Trinajstić information content (AvgIpc) is 2.86. The lowest BCUT2D eigenvalue weighted by molar-refractivity contribution is -0.122. The molecule has 1 amide bonds. The van der Waals surface area contributed by atoms with E-state index in [4.69, 9.17) is 17.0 Å². The van der Waals surface area contributed by atoms with Crippen LogP contribution in [0.1, 0.15) is 72.9 Å². The van der Waals surface area contributed by atoms with Crippen LogP contribution in [-0.2, 0) is 15.6 Å². The predicted molar refractivity (Wildman–Crippen MR) is 168 cm³/mol. The third kappa shape index (κ3) is 8.30. The van der Waals surface area contributed by atoms with Crippen molar-refractivity contribution in [2.75, 3.05) is 17.2 Å². The standard InChI is InChI=1S/C33H42N3O2S/c1-9-28(38-29-19-16-24(32(3,4)5)21-27(29)33(6,7)8)30(37)35-25-17-14-22(15-18-25)23-12-11-13-26(20-23)36-31(39)34-10-2/h11,13-21,28H,9-10H2,1-8H3,(H,35,37)(H2,34,36,39).